The Labute approximate surface area is 354 Å². The summed E-state index contributed by atoms with van der Waals surface area (Å²) in [4.78, 5) is 10.7. The van der Waals surface area contributed by atoms with Crippen molar-refractivity contribution in [2.45, 2.75) is 12.3 Å². The SMILES string of the molecule is CC1(c2ccccc2)c2ccccc2-c2cc(-c3cc(-c4cc(-c5cccc6ccccc56)cc(-c5cccc6c5oc5ccccc56)c4)nc(-c4ccccc4)n3)ccc21. The number of hydrogen-bond donors (Lipinski definition) is 0. The van der Waals surface area contributed by atoms with Gasteiger partial charge in [-0.25, -0.2) is 9.97 Å². The molecule has 286 valence electrons. The largest absolute Gasteiger partial charge is 0.455 e. The van der Waals surface area contributed by atoms with E-state index < -0.39 is 0 Å². The van der Waals surface area contributed by atoms with Gasteiger partial charge in [-0.2, -0.15) is 0 Å². The fraction of sp³-hybridized carbons (Fsp3) is 0.0345. The van der Waals surface area contributed by atoms with E-state index in [9.17, 15) is 0 Å². The van der Waals surface area contributed by atoms with Crippen LogP contribution in [-0.4, -0.2) is 9.97 Å². The van der Waals surface area contributed by atoms with Gasteiger partial charge in [-0.05, 0) is 98.6 Å². The first-order chi connectivity index (χ1) is 30.1. The zero-order valence-electron chi connectivity index (χ0n) is 33.5. The minimum Gasteiger partial charge on any atom is -0.455 e. The predicted molar refractivity (Wildman–Crippen MR) is 251 cm³/mol. The number of nitrogens with zero attached hydrogens (tertiary/aromatic N) is 2. The van der Waals surface area contributed by atoms with E-state index in [-0.39, 0.29) is 5.41 Å². The molecular weight excluding hydrogens is 741 g/mol. The third-order valence-electron chi connectivity index (χ3n) is 12.8. The van der Waals surface area contributed by atoms with Crippen LogP contribution in [0.4, 0.5) is 0 Å². The summed E-state index contributed by atoms with van der Waals surface area (Å²) in [6.45, 7) is 2.36. The summed E-state index contributed by atoms with van der Waals surface area (Å²) in [5.41, 5.74) is 17.0. The van der Waals surface area contributed by atoms with E-state index in [1.54, 1.807) is 0 Å². The van der Waals surface area contributed by atoms with Crippen molar-refractivity contribution >= 4 is 32.7 Å². The number of hydrogen-bond acceptors (Lipinski definition) is 3. The number of fused-ring (bicyclic) bond motifs is 7. The molecule has 0 bridgehead atoms. The molecule has 0 N–H and O–H groups in total. The summed E-state index contributed by atoms with van der Waals surface area (Å²) in [6.07, 6.45) is 0. The van der Waals surface area contributed by atoms with E-state index >= 15 is 0 Å². The topological polar surface area (TPSA) is 38.9 Å². The van der Waals surface area contributed by atoms with Crippen molar-refractivity contribution < 1.29 is 4.42 Å². The van der Waals surface area contributed by atoms with E-state index in [1.807, 2.05) is 18.2 Å². The van der Waals surface area contributed by atoms with Crippen LogP contribution in [0.2, 0.25) is 0 Å². The first kappa shape index (κ1) is 35.1. The van der Waals surface area contributed by atoms with Gasteiger partial charge in [0.1, 0.15) is 11.2 Å². The van der Waals surface area contributed by atoms with E-state index in [0.717, 1.165) is 72.3 Å². The summed E-state index contributed by atoms with van der Waals surface area (Å²) >= 11 is 0. The van der Waals surface area contributed by atoms with Crippen molar-refractivity contribution in [2.24, 2.45) is 0 Å². The maximum Gasteiger partial charge on any atom is 0.160 e. The molecule has 0 radical (unpaired) electrons. The Hall–Kier alpha value is -7.88. The second kappa shape index (κ2) is 13.9. The molecule has 1 unspecified atom stereocenters. The van der Waals surface area contributed by atoms with Crippen LogP contribution in [0, 0.1) is 0 Å². The molecule has 1 atom stereocenters. The lowest BCUT2D eigenvalue weighted by Crippen LogP contribution is -2.22. The molecule has 0 amide bonds. The van der Waals surface area contributed by atoms with E-state index in [2.05, 4.69) is 201 Å². The monoisotopic (exact) mass is 778 g/mol. The smallest absolute Gasteiger partial charge is 0.160 e. The Morgan fingerprint density at radius 3 is 1.82 bits per heavy atom. The van der Waals surface area contributed by atoms with Crippen molar-refractivity contribution in [3.8, 4) is 67.3 Å². The summed E-state index contributed by atoms with van der Waals surface area (Å²) in [6, 6.07) is 75.8. The minimum atomic E-state index is -0.279. The highest BCUT2D eigenvalue weighted by Gasteiger charge is 2.40. The second-order valence-electron chi connectivity index (χ2n) is 16.2. The fourth-order valence-electron chi connectivity index (χ4n) is 9.74. The van der Waals surface area contributed by atoms with Gasteiger partial charge >= 0.3 is 0 Å². The van der Waals surface area contributed by atoms with Crippen LogP contribution in [-0.2, 0) is 5.41 Å². The number of aromatic nitrogens is 2. The van der Waals surface area contributed by atoms with Gasteiger partial charge < -0.3 is 4.42 Å². The van der Waals surface area contributed by atoms with Crippen molar-refractivity contribution in [2.75, 3.05) is 0 Å². The third kappa shape index (κ3) is 5.66. The van der Waals surface area contributed by atoms with Crippen molar-refractivity contribution in [3.05, 3.63) is 229 Å². The molecule has 0 saturated heterocycles. The van der Waals surface area contributed by atoms with Gasteiger partial charge in [0, 0.05) is 38.4 Å². The average Bonchev–Trinajstić information content (AvgIpc) is 3.84. The molecule has 0 saturated carbocycles. The molecule has 0 aliphatic heterocycles. The number of furan rings is 1. The Morgan fingerprint density at radius 2 is 0.967 bits per heavy atom. The summed E-state index contributed by atoms with van der Waals surface area (Å²) in [5.74, 6) is 0.680. The Bertz CT molecular complexity index is 3490. The lowest BCUT2D eigenvalue weighted by Gasteiger charge is -2.28. The van der Waals surface area contributed by atoms with Gasteiger partial charge in [0.15, 0.2) is 5.82 Å². The summed E-state index contributed by atoms with van der Waals surface area (Å²) in [7, 11) is 0. The molecule has 9 aromatic carbocycles. The molecule has 61 heavy (non-hydrogen) atoms. The van der Waals surface area contributed by atoms with E-state index in [0.29, 0.717) is 5.82 Å². The first-order valence-electron chi connectivity index (χ1n) is 20.9. The van der Waals surface area contributed by atoms with Gasteiger partial charge in [-0.15, -0.1) is 0 Å². The minimum absolute atomic E-state index is 0.279. The standard InChI is InChI=1S/C58H38N2O/c1-58(43-20-6-3-7-21-43)51-28-12-10-23-47(51)50-35-39(30-31-52(50)58)53-36-54(60-57(59-53)38-17-4-2-5-18-38)42-33-40(45-25-14-19-37-16-8-9-22-44(37)45)32-41(34-42)46-26-15-27-49-48-24-11-13-29-55(48)61-56(46)49/h2-36H,1H3. The molecule has 0 fully saturated rings. The van der Waals surface area contributed by atoms with Crippen LogP contribution in [0.5, 0.6) is 0 Å². The number of rotatable bonds is 6. The molecule has 11 aromatic rings. The zero-order chi connectivity index (χ0) is 40.5. The van der Waals surface area contributed by atoms with Crippen LogP contribution in [0.25, 0.3) is 100.0 Å². The average molecular weight is 779 g/mol. The molecule has 1 aliphatic carbocycles. The van der Waals surface area contributed by atoms with Gasteiger partial charge in [-0.3, -0.25) is 0 Å². The number of benzene rings is 9. The molecule has 3 nitrogen and oxygen atoms in total. The highest BCUT2D eigenvalue weighted by atomic mass is 16.3. The molecule has 2 aromatic heterocycles. The van der Waals surface area contributed by atoms with Gasteiger partial charge in [0.2, 0.25) is 0 Å². The molecule has 0 spiro atoms. The molecule has 2 heterocycles. The van der Waals surface area contributed by atoms with Crippen LogP contribution in [0.3, 0.4) is 0 Å². The zero-order valence-corrected chi connectivity index (χ0v) is 33.5. The van der Waals surface area contributed by atoms with Gasteiger partial charge in [0.25, 0.3) is 0 Å². The highest BCUT2D eigenvalue weighted by molar-refractivity contribution is 6.10. The Morgan fingerprint density at radius 1 is 0.377 bits per heavy atom. The van der Waals surface area contributed by atoms with Gasteiger partial charge in [0.05, 0.1) is 11.4 Å². The molecule has 12 rings (SSSR count). The fourth-order valence-corrected chi connectivity index (χ4v) is 9.74. The van der Waals surface area contributed by atoms with Crippen molar-refractivity contribution in [1.29, 1.82) is 0 Å². The normalized spacial score (nSPS) is 14.4. The van der Waals surface area contributed by atoms with Crippen LogP contribution >= 0.6 is 0 Å². The van der Waals surface area contributed by atoms with Crippen LogP contribution < -0.4 is 0 Å². The quantitative estimate of drug-likeness (QED) is 0.169. The summed E-state index contributed by atoms with van der Waals surface area (Å²) < 4.78 is 6.63. The second-order valence-corrected chi connectivity index (χ2v) is 16.2. The first-order valence-corrected chi connectivity index (χ1v) is 20.9. The third-order valence-corrected chi connectivity index (χ3v) is 12.8. The van der Waals surface area contributed by atoms with Crippen LogP contribution in [0.1, 0.15) is 23.6 Å². The van der Waals surface area contributed by atoms with Crippen molar-refractivity contribution in [1.82, 2.24) is 9.97 Å². The van der Waals surface area contributed by atoms with E-state index in [4.69, 9.17) is 14.4 Å². The molecule has 3 heteroatoms. The van der Waals surface area contributed by atoms with Crippen molar-refractivity contribution in [3.63, 3.8) is 0 Å². The Kier molecular flexibility index (Phi) is 7.98. The predicted octanol–water partition coefficient (Wildman–Crippen LogP) is 15.2. The summed E-state index contributed by atoms with van der Waals surface area (Å²) in [5, 5.41) is 4.61. The van der Waals surface area contributed by atoms with E-state index in [1.165, 1.54) is 38.6 Å². The van der Waals surface area contributed by atoms with Gasteiger partial charge in [-0.1, -0.05) is 176 Å². The molecule has 1 aliphatic rings. The molecular formula is C58H38N2O. The van der Waals surface area contributed by atoms with Crippen LogP contribution in [0.15, 0.2) is 217 Å². The maximum absolute atomic E-state index is 6.63. The lowest BCUT2D eigenvalue weighted by atomic mass is 9.74. The number of para-hydroxylation sites is 2. The Balaban J connectivity index is 1.09. The lowest BCUT2D eigenvalue weighted by molar-refractivity contribution is 0.670. The maximum atomic E-state index is 6.63. The highest BCUT2D eigenvalue weighted by Crippen LogP contribution is 2.53.